The molecule has 4 heteroatoms. The summed E-state index contributed by atoms with van der Waals surface area (Å²) in [5, 5.41) is 12.7. The van der Waals surface area contributed by atoms with Crippen molar-refractivity contribution in [2.75, 3.05) is 17.7 Å². The second-order valence-electron chi connectivity index (χ2n) is 4.65. The largest absolute Gasteiger partial charge is 0.397 e. The zero-order valence-corrected chi connectivity index (χ0v) is 11.0. The zero-order chi connectivity index (χ0) is 13.7. The highest BCUT2D eigenvalue weighted by Crippen LogP contribution is 2.16. The van der Waals surface area contributed by atoms with Crippen molar-refractivity contribution in [3.63, 3.8) is 0 Å². The van der Waals surface area contributed by atoms with Gasteiger partial charge in [0.05, 0.1) is 24.5 Å². The summed E-state index contributed by atoms with van der Waals surface area (Å²) in [6.45, 7) is 2.00. The molecule has 0 fully saturated rings. The topological polar surface area (TPSA) is 71.2 Å². The molecule has 0 aliphatic carbocycles. The molecule has 1 aromatic carbocycles. The Morgan fingerprint density at radius 1 is 1.32 bits per heavy atom. The van der Waals surface area contributed by atoms with Crippen molar-refractivity contribution in [1.82, 2.24) is 4.98 Å². The van der Waals surface area contributed by atoms with E-state index in [0.29, 0.717) is 5.69 Å². The van der Waals surface area contributed by atoms with E-state index in [1.54, 1.807) is 6.20 Å². The van der Waals surface area contributed by atoms with E-state index in [4.69, 9.17) is 5.73 Å². The minimum atomic E-state index is -0.0581. The van der Waals surface area contributed by atoms with Crippen LogP contribution in [0.25, 0.3) is 0 Å². The fourth-order valence-corrected chi connectivity index (χ4v) is 2.00. The maximum atomic E-state index is 9.48. The Labute approximate surface area is 113 Å². The van der Waals surface area contributed by atoms with Crippen LogP contribution in [0, 0.1) is 6.92 Å². The predicted octanol–water partition coefficient (Wildman–Crippen LogP) is 1.99. The quantitative estimate of drug-likeness (QED) is 0.766. The molecule has 1 aromatic heterocycles. The van der Waals surface area contributed by atoms with Crippen LogP contribution >= 0.6 is 0 Å². The molecular weight excluding hydrogens is 238 g/mol. The Hall–Kier alpha value is -2.07. The fourth-order valence-electron chi connectivity index (χ4n) is 2.00. The summed E-state index contributed by atoms with van der Waals surface area (Å²) in [4.78, 5) is 4.26. The number of nitrogens with zero attached hydrogens (tertiary/aromatic N) is 1. The zero-order valence-electron chi connectivity index (χ0n) is 11.0. The van der Waals surface area contributed by atoms with Crippen molar-refractivity contribution < 1.29 is 5.11 Å². The molecule has 0 amide bonds. The fraction of sp³-hybridized carbons (Fsp3) is 0.267. The molecule has 100 valence electrons. The molecule has 0 saturated carbocycles. The molecule has 19 heavy (non-hydrogen) atoms. The molecule has 2 rings (SSSR count). The molecule has 0 aliphatic heterocycles. The van der Waals surface area contributed by atoms with Crippen LogP contribution < -0.4 is 11.1 Å². The van der Waals surface area contributed by atoms with Crippen molar-refractivity contribution in [2.24, 2.45) is 0 Å². The monoisotopic (exact) mass is 257 g/mol. The van der Waals surface area contributed by atoms with Gasteiger partial charge in [0.25, 0.3) is 0 Å². The second-order valence-corrected chi connectivity index (χ2v) is 4.65. The first kappa shape index (κ1) is 13.4. The van der Waals surface area contributed by atoms with Gasteiger partial charge in [-0.25, -0.2) is 4.98 Å². The summed E-state index contributed by atoms with van der Waals surface area (Å²) in [5.74, 6) is 0.768. The highest BCUT2D eigenvalue weighted by atomic mass is 16.3. The molecule has 4 nitrogen and oxygen atoms in total. The van der Waals surface area contributed by atoms with E-state index in [9.17, 15) is 5.11 Å². The molecule has 0 radical (unpaired) electrons. The number of aryl methyl sites for hydroxylation is 1. The van der Waals surface area contributed by atoms with E-state index in [1.165, 1.54) is 5.56 Å². The SMILES string of the molecule is Cc1cc(N)cnc1NC(CO)Cc1ccccc1. The lowest BCUT2D eigenvalue weighted by Gasteiger charge is -2.18. The smallest absolute Gasteiger partial charge is 0.129 e. The van der Waals surface area contributed by atoms with E-state index in [-0.39, 0.29) is 12.6 Å². The van der Waals surface area contributed by atoms with E-state index in [1.807, 2.05) is 43.3 Å². The number of aromatic nitrogens is 1. The third-order valence-corrected chi connectivity index (χ3v) is 2.99. The molecule has 0 bridgehead atoms. The van der Waals surface area contributed by atoms with Crippen molar-refractivity contribution in [1.29, 1.82) is 0 Å². The number of nitrogens with one attached hydrogen (secondary N) is 1. The molecular formula is C15H19N3O. The van der Waals surface area contributed by atoms with Gasteiger partial charge in [0.2, 0.25) is 0 Å². The van der Waals surface area contributed by atoms with E-state index in [0.717, 1.165) is 17.8 Å². The van der Waals surface area contributed by atoms with E-state index in [2.05, 4.69) is 10.3 Å². The van der Waals surface area contributed by atoms with E-state index >= 15 is 0 Å². The van der Waals surface area contributed by atoms with Crippen molar-refractivity contribution in [2.45, 2.75) is 19.4 Å². The molecule has 4 N–H and O–H groups in total. The lowest BCUT2D eigenvalue weighted by atomic mass is 10.1. The molecule has 1 atom stereocenters. The molecule has 0 spiro atoms. The van der Waals surface area contributed by atoms with Crippen LogP contribution in [0.15, 0.2) is 42.6 Å². The van der Waals surface area contributed by atoms with Crippen molar-refractivity contribution in [3.05, 3.63) is 53.7 Å². The summed E-state index contributed by atoms with van der Waals surface area (Å²) < 4.78 is 0. The number of aliphatic hydroxyl groups is 1. The van der Waals surface area contributed by atoms with Crippen molar-refractivity contribution in [3.8, 4) is 0 Å². The van der Waals surface area contributed by atoms with Gasteiger partial charge in [0, 0.05) is 0 Å². The summed E-state index contributed by atoms with van der Waals surface area (Å²) in [7, 11) is 0. The van der Waals surface area contributed by atoms with Gasteiger partial charge in [-0.15, -0.1) is 0 Å². The number of pyridine rings is 1. The third kappa shape index (κ3) is 3.69. The molecule has 0 aliphatic rings. The highest BCUT2D eigenvalue weighted by molar-refractivity contribution is 5.51. The minimum absolute atomic E-state index is 0.0559. The minimum Gasteiger partial charge on any atom is -0.397 e. The average molecular weight is 257 g/mol. The standard InChI is InChI=1S/C15H19N3O/c1-11-7-13(16)9-17-15(11)18-14(10-19)8-12-5-3-2-4-6-12/h2-7,9,14,19H,8,10,16H2,1H3,(H,17,18). The second kappa shape index (κ2) is 6.20. The van der Waals surface area contributed by atoms with Crippen LogP contribution in [0.1, 0.15) is 11.1 Å². The summed E-state index contributed by atoms with van der Waals surface area (Å²) in [6.07, 6.45) is 2.37. The summed E-state index contributed by atoms with van der Waals surface area (Å²) in [5.41, 5.74) is 8.48. The Morgan fingerprint density at radius 3 is 2.68 bits per heavy atom. The van der Waals surface area contributed by atoms with Crippen LogP contribution in [0.5, 0.6) is 0 Å². The average Bonchev–Trinajstić information content (AvgIpc) is 2.42. The highest BCUT2D eigenvalue weighted by Gasteiger charge is 2.10. The summed E-state index contributed by atoms with van der Waals surface area (Å²) in [6, 6.07) is 11.9. The summed E-state index contributed by atoms with van der Waals surface area (Å²) >= 11 is 0. The number of benzene rings is 1. The molecule has 1 heterocycles. The van der Waals surface area contributed by atoms with Gasteiger partial charge < -0.3 is 16.2 Å². The number of rotatable bonds is 5. The number of aliphatic hydroxyl groups excluding tert-OH is 1. The molecule has 0 saturated heterocycles. The Morgan fingerprint density at radius 2 is 2.05 bits per heavy atom. The first-order valence-electron chi connectivity index (χ1n) is 6.32. The van der Waals surface area contributed by atoms with Crippen LogP contribution in [0.2, 0.25) is 0 Å². The Balaban J connectivity index is 2.06. The predicted molar refractivity (Wildman–Crippen MR) is 78.0 cm³/mol. The van der Waals surface area contributed by atoms with Gasteiger partial charge in [-0.1, -0.05) is 30.3 Å². The Bertz CT molecular complexity index is 528. The van der Waals surface area contributed by atoms with Gasteiger partial charge in [0.15, 0.2) is 0 Å². The van der Waals surface area contributed by atoms with Crippen LogP contribution in [0.3, 0.4) is 0 Å². The van der Waals surface area contributed by atoms with E-state index < -0.39 is 0 Å². The first-order chi connectivity index (χ1) is 9.19. The number of hydrogen-bond donors (Lipinski definition) is 3. The lowest BCUT2D eigenvalue weighted by molar-refractivity contribution is 0.273. The van der Waals surface area contributed by atoms with Crippen LogP contribution in [0.4, 0.5) is 11.5 Å². The number of anilines is 2. The first-order valence-corrected chi connectivity index (χ1v) is 6.32. The third-order valence-electron chi connectivity index (χ3n) is 2.99. The van der Waals surface area contributed by atoms with Gasteiger partial charge in [-0.05, 0) is 30.5 Å². The number of hydrogen-bond acceptors (Lipinski definition) is 4. The van der Waals surface area contributed by atoms with Crippen LogP contribution in [-0.4, -0.2) is 22.7 Å². The maximum absolute atomic E-state index is 9.48. The van der Waals surface area contributed by atoms with Gasteiger partial charge >= 0.3 is 0 Å². The van der Waals surface area contributed by atoms with Crippen LogP contribution in [-0.2, 0) is 6.42 Å². The number of nitrogen functional groups attached to an aromatic ring is 1. The van der Waals surface area contributed by atoms with Crippen molar-refractivity contribution >= 4 is 11.5 Å². The normalized spacial score (nSPS) is 12.1. The number of nitrogens with two attached hydrogens (primary N) is 1. The molecule has 1 unspecified atom stereocenters. The van der Waals surface area contributed by atoms with Gasteiger partial charge in [-0.2, -0.15) is 0 Å². The maximum Gasteiger partial charge on any atom is 0.129 e. The lowest BCUT2D eigenvalue weighted by Crippen LogP contribution is -2.27. The molecule has 2 aromatic rings. The van der Waals surface area contributed by atoms with Gasteiger partial charge in [0.1, 0.15) is 5.82 Å². The van der Waals surface area contributed by atoms with Gasteiger partial charge in [-0.3, -0.25) is 0 Å². The Kier molecular flexibility index (Phi) is 4.36.